The molecule has 1 heterocycles. The first-order chi connectivity index (χ1) is 20.4. The number of benzene rings is 4. The molecule has 5 rings (SSSR count). The van der Waals surface area contributed by atoms with Crippen LogP contribution in [0.5, 0.6) is 5.75 Å². The second kappa shape index (κ2) is 13.1. The van der Waals surface area contributed by atoms with Gasteiger partial charge in [-0.1, -0.05) is 84.1 Å². The third-order valence-corrected chi connectivity index (χ3v) is 7.68. The fourth-order valence-electron chi connectivity index (χ4n) is 4.64. The molecule has 0 bridgehead atoms. The number of aromatic nitrogens is 3. The number of carbonyl (C=O) groups is 1. The monoisotopic (exact) mass is 579 g/mol. The Kier molecular flexibility index (Phi) is 8.93. The van der Waals surface area contributed by atoms with Crippen LogP contribution in [0.4, 0.5) is 5.69 Å². The van der Waals surface area contributed by atoms with E-state index in [0.717, 1.165) is 16.7 Å². The number of non-ortho nitro benzene ring substituents is 1. The number of nitrogens with zero attached hydrogens (tertiary/aromatic N) is 4. The standard InChI is InChI=1S/C32H29N5O4S/c1-22-9-8-12-24(19-22)21-42-32-35-34-30(36(32)25-15-17-26(18-16-25)37(39)40)28(20-23-10-4-3-5-11-23)33-31(38)27-13-6-7-14-29(27)41-2/h3-19,28H,20-21H2,1-2H3,(H,33,38). The number of hydrogen-bond donors (Lipinski definition) is 1. The summed E-state index contributed by atoms with van der Waals surface area (Å²) < 4.78 is 7.29. The zero-order valence-electron chi connectivity index (χ0n) is 23.1. The highest BCUT2D eigenvalue weighted by Crippen LogP contribution is 2.30. The van der Waals surface area contributed by atoms with Gasteiger partial charge >= 0.3 is 0 Å². The lowest BCUT2D eigenvalue weighted by Crippen LogP contribution is -2.32. The average Bonchev–Trinajstić information content (AvgIpc) is 3.44. The number of aryl methyl sites for hydroxylation is 1. The Bertz CT molecular complexity index is 1690. The van der Waals surface area contributed by atoms with Gasteiger partial charge in [-0.05, 0) is 48.7 Å². The van der Waals surface area contributed by atoms with Crippen LogP contribution >= 0.6 is 11.8 Å². The summed E-state index contributed by atoms with van der Waals surface area (Å²) in [6.45, 7) is 2.05. The molecule has 10 heteroatoms. The summed E-state index contributed by atoms with van der Waals surface area (Å²) in [4.78, 5) is 24.5. The van der Waals surface area contributed by atoms with Crippen LogP contribution in [-0.2, 0) is 12.2 Å². The SMILES string of the molecule is COc1ccccc1C(=O)NC(Cc1ccccc1)c1nnc(SCc2cccc(C)c2)n1-c1ccc([N+](=O)[O-])cc1. The largest absolute Gasteiger partial charge is 0.496 e. The van der Waals surface area contributed by atoms with E-state index in [9.17, 15) is 14.9 Å². The molecule has 0 aliphatic rings. The van der Waals surface area contributed by atoms with Crippen LogP contribution in [0.1, 0.15) is 38.9 Å². The van der Waals surface area contributed by atoms with Crippen molar-refractivity contribution in [1.82, 2.24) is 20.1 Å². The number of nitro groups is 1. The number of nitrogens with one attached hydrogen (secondary N) is 1. The van der Waals surface area contributed by atoms with Gasteiger partial charge in [0.05, 0.1) is 23.6 Å². The minimum absolute atomic E-state index is 0.0207. The van der Waals surface area contributed by atoms with Crippen molar-refractivity contribution >= 4 is 23.4 Å². The van der Waals surface area contributed by atoms with Gasteiger partial charge in [0.15, 0.2) is 11.0 Å². The van der Waals surface area contributed by atoms with Gasteiger partial charge in [0.1, 0.15) is 5.75 Å². The number of thioether (sulfide) groups is 1. The number of amides is 1. The van der Waals surface area contributed by atoms with E-state index in [1.165, 1.54) is 31.0 Å². The van der Waals surface area contributed by atoms with E-state index >= 15 is 0 Å². The Morgan fingerprint density at radius 2 is 1.67 bits per heavy atom. The molecule has 5 aromatic rings. The summed E-state index contributed by atoms with van der Waals surface area (Å²) >= 11 is 1.50. The van der Waals surface area contributed by atoms with Crippen molar-refractivity contribution in [3.05, 3.63) is 141 Å². The zero-order chi connectivity index (χ0) is 29.5. The lowest BCUT2D eigenvalue weighted by Gasteiger charge is -2.21. The van der Waals surface area contributed by atoms with Gasteiger partial charge in [0.25, 0.3) is 11.6 Å². The first-order valence-corrected chi connectivity index (χ1v) is 14.3. The maximum atomic E-state index is 13.6. The Morgan fingerprint density at radius 1 is 0.952 bits per heavy atom. The van der Waals surface area contributed by atoms with Crippen molar-refractivity contribution in [2.24, 2.45) is 0 Å². The van der Waals surface area contributed by atoms with Crippen molar-refractivity contribution < 1.29 is 14.5 Å². The quantitative estimate of drug-likeness (QED) is 0.108. The number of rotatable bonds is 11. The van der Waals surface area contributed by atoms with E-state index in [1.54, 1.807) is 36.4 Å². The molecule has 1 atom stereocenters. The molecule has 0 saturated carbocycles. The van der Waals surface area contributed by atoms with Gasteiger partial charge in [-0.15, -0.1) is 10.2 Å². The van der Waals surface area contributed by atoms with Crippen molar-refractivity contribution in [3.63, 3.8) is 0 Å². The van der Waals surface area contributed by atoms with E-state index in [4.69, 9.17) is 4.74 Å². The number of hydrogen-bond acceptors (Lipinski definition) is 7. The molecular weight excluding hydrogens is 550 g/mol. The summed E-state index contributed by atoms with van der Waals surface area (Å²) in [6, 6.07) is 30.7. The number of carbonyl (C=O) groups excluding carboxylic acids is 1. The lowest BCUT2D eigenvalue weighted by atomic mass is 10.0. The van der Waals surface area contributed by atoms with Crippen LogP contribution < -0.4 is 10.1 Å². The molecule has 1 aromatic heterocycles. The highest BCUT2D eigenvalue weighted by molar-refractivity contribution is 7.98. The third-order valence-electron chi connectivity index (χ3n) is 6.68. The summed E-state index contributed by atoms with van der Waals surface area (Å²) in [5, 5.41) is 24.2. The van der Waals surface area contributed by atoms with E-state index in [-0.39, 0.29) is 11.6 Å². The van der Waals surface area contributed by atoms with E-state index in [1.807, 2.05) is 54.0 Å². The molecule has 1 unspecified atom stereocenters. The first-order valence-electron chi connectivity index (χ1n) is 13.3. The fourth-order valence-corrected chi connectivity index (χ4v) is 5.54. The molecule has 0 fully saturated rings. The van der Waals surface area contributed by atoms with Gasteiger partial charge in [-0.25, -0.2) is 0 Å². The molecule has 4 aromatic carbocycles. The molecule has 1 amide bonds. The van der Waals surface area contributed by atoms with Crippen molar-refractivity contribution in [3.8, 4) is 11.4 Å². The van der Waals surface area contributed by atoms with Crippen LogP contribution in [0.3, 0.4) is 0 Å². The Balaban J connectivity index is 1.57. The van der Waals surface area contributed by atoms with E-state index in [2.05, 4.69) is 27.6 Å². The molecule has 1 N–H and O–H groups in total. The molecule has 0 radical (unpaired) electrons. The first kappa shape index (κ1) is 28.6. The van der Waals surface area contributed by atoms with Crippen LogP contribution in [0.2, 0.25) is 0 Å². The average molecular weight is 580 g/mol. The van der Waals surface area contributed by atoms with Gasteiger partial charge < -0.3 is 10.1 Å². The molecule has 9 nitrogen and oxygen atoms in total. The van der Waals surface area contributed by atoms with Crippen LogP contribution in [-0.4, -0.2) is 32.7 Å². The highest BCUT2D eigenvalue weighted by atomic mass is 32.2. The summed E-state index contributed by atoms with van der Waals surface area (Å²) in [5.74, 6) is 1.28. The fraction of sp³-hybridized carbons (Fsp3) is 0.156. The molecule has 42 heavy (non-hydrogen) atoms. The molecule has 0 spiro atoms. The highest BCUT2D eigenvalue weighted by Gasteiger charge is 2.26. The molecule has 0 aliphatic heterocycles. The van der Waals surface area contributed by atoms with Gasteiger partial charge in [0.2, 0.25) is 0 Å². The second-order valence-electron chi connectivity index (χ2n) is 9.64. The number of ether oxygens (including phenoxy) is 1. The molecule has 0 aliphatic carbocycles. The van der Waals surface area contributed by atoms with Crippen molar-refractivity contribution in [2.45, 2.75) is 30.3 Å². The van der Waals surface area contributed by atoms with E-state index in [0.29, 0.717) is 40.2 Å². The normalized spacial score (nSPS) is 11.6. The van der Waals surface area contributed by atoms with Gasteiger partial charge in [-0.2, -0.15) is 0 Å². The Morgan fingerprint density at radius 3 is 2.38 bits per heavy atom. The lowest BCUT2D eigenvalue weighted by molar-refractivity contribution is -0.384. The zero-order valence-corrected chi connectivity index (χ0v) is 24.0. The molecule has 0 saturated heterocycles. The van der Waals surface area contributed by atoms with Crippen LogP contribution in [0, 0.1) is 17.0 Å². The third kappa shape index (κ3) is 6.67. The van der Waals surface area contributed by atoms with Gasteiger partial charge in [0, 0.05) is 23.6 Å². The predicted octanol–water partition coefficient (Wildman–Crippen LogP) is 6.50. The minimum Gasteiger partial charge on any atom is -0.496 e. The van der Waals surface area contributed by atoms with Crippen molar-refractivity contribution in [1.29, 1.82) is 0 Å². The Hall–Kier alpha value is -4.96. The maximum absolute atomic E-state index is 13.6. The number of para-hydroxylation sites is 1. The topological polar surface area (TPSA) is 112 Å². The van der Waals surface area contributed by atoms with Crippen molar-refractivity contribution in [2.75, 3.05) is 7.11 Å². The van der Waals surface area contributed by atoms with Crippen LogP contribution in [0.15, 0.2) is 108 Å². The van der Waals surface area contributed by atoms with Crippen LogP contribution in [0.25, 0.3) is 5.69 Å². The summed E-state index contributed by atoms with van der Waals surface area (Å²) in [5.41, 5.74) is 4.31. The number of methoxy groups -OCH3 is 1. The number of nitro benzene ring substituents is 1. The maximum Gasteiger partial charge on any atom is 0.269 e. The minimum atomic E-state index is -0.583. The molecule has 212 valence electrons. The Labute approximate surface area is 247 Å². The van der Waals surface area contributed by atoms with Gasteiger partial charge in [-0.3, -0.25) is 19.5 Å². The predicted molar refractivity (Wildman–Crippen MR) is 162 cm³/mol. The molecular formula is C32H29N5O4S. The summed E-state index contributed by atoms with van der Waals surface area (Å²) in [7, 11) is 1.52. The second-order valence-corrected chi connectivity index (χ2v) is 10.6. The smallest absolute Gasteiger partial charge is 0.269 e. The summed E-state index contributed by atoms with van der Waals surface area (Å²) in [6.07, 6.45) is 0.440. The van der Waals surface area contributed by atoms with E-state index < -0.39 is 11.0 Å².